The number of H-pyrrole nitrogens is 1. The van der Waals surface area contributed by atoms with Gasteiger partial charge in [0.2, 0.25) is 12.1 Å². The van der Waals surface area contributed by atoms with Gasteiger partial charge in [0.1, 0.15) is 17.1 Å². The number of thiophene rings is 1. The third-order valence-electron chi connectivity index (χ3n) is 5.93. The first kappa shape index (κ1) is 25.4. The number of aromatic amines is 1. The molecule has 0 bridgehead atoms. The van der Waals surface area contributed by atoms with Crippen molar-refractivity contribution in [3.05, 3.63) is 59.0 Å². The quantitative estimate of drug-likeness (QED) is 0.110. The summed E-state index contributed by atoms with van der Waals surface area (Å²) in [6.07, 6.45) is 3.27. The first-order valence-corrected chi connectivity index (χ1v) is 13.1. The molecule has 5 heterocycles. The van der Waals surface area contributed by atoms with Crippen molar-refractivity contribution >= 4 is 62.8 Å². The molecule has 2 atom stereocenters. The van der Waals surface area contributed by atoms with Crippen molar-refractivity contribution in [1.82, 2.24) is 20.4 Å². The van der Waals surface area contributed by atoms with Crippen LogP contribution in [0, 0.1) is 0 Å². The van der Waals surface area contributed by atoms with Crippen LogP contribution in [0.15, 0.2) is 58.5 Å². The highest BCUT2D eigenvalue weighted by atomic mass is 32.2. The van der Waals surface area contributed by atoms with Crippen molar-refractivity contribution in [3.63, 3.8) is 0 Å². The van der Waals surface area contributed by atoms with Crippen molar-refractivity contribution in [1.29, 1.82) is 0 Å². The highest BCUT2D eigenvalue weighted by Gasteiger charge is 2.54. The van der Waals surface area contributed by atoms with Gasteiger partial charge in [-0.15, -0.1) is 23.1 Å². The molecule has 1 saturated heterocycles. The van der Waals surface area contributed by atoms with Crippen LogP contribution in [0.2, 0.25) is 0 Å². The molecule has 38 heavy (non-hydrogen) atoms. The third-order valence-corrected chi connectivity index (χ3v) is 8.14. The zero-order valence-corrected chi connectivity index (χ0v) is 21.5. The number of esters is 1. The number of carboxylic acid groups (broad SMARTS) is 1. The van der Waals surface area contributed by atoms with E-state index in [1.54, 1.807) is 11.3 Å². The Balaban J connectivity index is 1.34. The number of fused-ring (bicyclic) bond motifs is 2. The summed E-state index contributed by atoms with van der Waals surface area (Å²) in [5, 5.41) is 24.0. The Morgan fingerprint density at radius 3 is 2.92 bits per heavy atom. The number of carboxylic acids is 1. The van der Waals surface area contributed by atoms with E-state index in [0.717, 1.165) is 10.2 Å². The summed E-state index contributed by atoms with van der Waals surface area (Å²) in [5.74, 6) is -2.86. The summed E-state index contributed by atoms with van der Waals surface area (Å²) in [4.78, 5) is 55.9. The van der Waals surface area contributed by atoms with Crippen molar-refractivity contribution in [2.24, 2.45) is 5.16 Å². The van der Waals surface area contributed by atoms with Gasteiger partial charge in [0.25, 0.3) is 11.8 Å². The van der Waals surface area contributed by atoms with Crippen LogP contribution in [-0.2, 0) is 35.3 Å². The molecular formula is C23H21N6O7S2+. The van der Waals surface area contributed by atoms with Crippen LogP contribution < -0.4 is 9.88 Å². The first-order chi connectivity index (χ1) is 18.4. The van der Waals surface area contributed by atoms with Gasteiger partial charge in [0, 0.05) is 29.7 Å². The summed E-state index contributed by atoms with van der Waals surface area (Å²) >= 11 is 2.95. The Kier molecular flexibility index (Phi) is 7.11. The van der Waals surface area contributed by atoms with E-state index in [0.29, 0.717) is 17.9 Å². The number of oxime groups is 1. The minimum Gasteiger partial charge on any atom is -0.477 e. The van der Waals surface area contributed by atoms with Crippen LogP contribution >= 0.6 is 23.1 Å². The predicted molar refractivity (Wildman–Crippen MR) is 135 cm³/mol. The van der Waals surface area contributed by atoms with E-state index in [4.69, 9.17) is 4.84 Å². The first-order valence-electron chi connectivity index (χ1n) is 11.2. The Hall–Kier alpha value is -4.24. The van der Waals surface area contributed by atoms with Crippen LogP contribution in [0.5, 0.6) is 0 Å². The lowest BCUT2D eigenvalue weighted by molar-refractivity contribution is -0.663. The lowest BCUT2D eigenvalue weighted by Crippen LogP contribution is -2.71. The van der Waals surface area contributed by atoms with Gasteiger partial charge in [0.15, 0.2) is 18.5 Å². The average molecular weight is 558 g/mol. The van der Waals surface area contributed by atoms with Gasteiger partial charge < -0.3 is 20.0 Å². The van der Waals surface area contributed by atoms with Crippen LogP contribution in [0.1, 0.15) is 5.69 Å². The highest BCUT2D eigenvalue weighted by molar-refractivity contribution is 8.00. The van der Waals surface area contributed by atoms with E-state index < -0.39 is 41.8 Å². The summed E-state index contributed by atoms with van der Waals surface area (Å²) in [5.41, 5.74) is 1.44. The molecule has 0 spiro atoms. The topological polar surface area (TPSA) is 167 Å². The number of nitrogens with zero attached hydrogens (tertiary/aromatic N) is 4. The number of hydrogen-bond acceptors (Lipinski definition) is 10. The number of pyridine rings is 1. The number of rotatable bonds is 9. The largest absolute Gasteiger partial charge is 0.477 e. The zero-order valence-electron chi connectivity index (χ0n) is 19.8. The van der Waals surface area contributed by atoms with Crippen LogP contribution in [0.3, 0.4) is 0 Å². The highest BCUT2D eigenvalue weighted by Crippen LogP contribution is 2.40. The second-order valence-corrected chi connectivity index (χ2v) is 10.2. The fourth-order valence-corrected chi connectivity index (χ4v) is 6.30. The maximum atomic E-state index is 13.1. The number of amides is 2. The van der Waals surface area contributed by atoms with Crippen molar-refractivity contribution < 1.29 is 38.4 Å². The Labute approximate surface area is 223 Å². The Morgan fingerprint density at radius 2 is 2.18 bits per heavy atom. The molecule has 2 aliphatic heterocycles. The predicted octanol–water partition coefficient (Wildman–Crippen LogP) is 0.244. The van der Waals surface area contributed by atoms with Gasteiger partial charge in [-0.1, -0.05) is 5.16 Å². The van der Waals surface area contributed by atoms with E-state index in [9.17, 15) is 24.3 Å². The smallest absolute Gasteiger partial charge is 0.352 e. The summed E-state index contributed by atoms with van der Waals surface area (Å²) < 4.78 is 7.50. The van der Waals surface area contributed by atoms with E-state index in [-0.39, 0.29) is 17.1 Å². The lowest BCUT2D eigenvalue weighted by Gasteiger charge is -2.49. The number of carbonyl (C=O) groups is 4. The van der Waals surface area contributed by atoms with Gasteiger partial charge in [-0.25, -0.2) is 9.59 Å². The molecule has 2 amide bonds. The number of thioether (sulfide) groups is 1. The number of hydrogen-bond donors (Lipinski definition) is 3. The number of aromatic nitrogens is 3. The minimum atomic E-state index is -1.21. The summed E-state index contributed by atoms with van der Waals surface area (Å²) in [6.45, 7) is -0.215. The van der Waals surface area contributed by atoms with Crippen LogP contribution in [0.25, 0.3) is 10.2 Å². The van der Waals surface area contributed by atoms with E-state index in [2.05, 4.69) is 25.4 Å². The lowest BCUT2D eigenvalue weighted by atomic mass is 10.0. The van der Waals surface area contributed by atoms with Crippen molar-refractivity contribution in [2.75, 3.05) is 19.5 Å². The maximum absolute atomic E-state index is 13.1. The van der Waals surface area contributed by atoms with Crippen LogP contribution in [-0.4, -0.2) is 80.6 Å². The van der Waals surface area contributed by atoms with Crippen molar-refractivity contribution in [3.8, 4) is 0 Å². The average Bonchev–Trinajstić information content (AvgIpc) is 3.62. The molecule has 0 saturated carbocycles. The molecule has 3 aromatic rings. The fourth-order valence-electron chi connectivity index (χ4n) is 4.16. The number of nitrogens with one attached hydrogen (secondary N) is 2. The van der Waals surface area contributed by atoms with E-state index >= 15 is 0 Å². The summed E-state index contributed by atoms with van der Waals surface area (Å²) in [7, 11) is 1.18. The number of carbonyl (C=O) groups excluding carboxylic acids is 3. The molecule has 5 rings (SSSR count). The summed E-state index contributed by atoms with van der Waals surface area (Å²) in [6, 6.07) is 6.33. The maximum Gasteiger partial charge on any atom is 0.352 e. The molecule has 1 fully saturated rings. The molecule has 0 aliphatic carbocycles. The molecule has 0 radical (unpaired) electrons. The van der Waals surface area contributed by atoms with E-state index in [1.165, 1.54) is 36.0 Å². The second kappa shape index (κ2) is 10.6. The van der Waals surface area contributed by atoms with Gasteiger partial charge in [-0.05, 0) is 17.5 Å². The molecule has 0 aromatic carbocycles. The third kappa shape index (κ3) is 4.72. The number of β-lactam (4-membered cyclic amide) rings is 1. The molecule has 196 valence electrons. The Bertz CT molecular complexity index is 1480. The molecule has 2 aliphatic rings. The normalized spacial score (nSPS) is 19.1. The monoisotopic (exact) mass is 557 g/mol. The van der Waals surface area contributed by atoms with Crippen molar-refractivity contribution in [2.45, 2.75) is 18.0 Å². The second-order valence-electron chi connectivity index (χ2n) is 8.18. The Morgan fingerprint density at radius 1 is 1.34 bits per heavy atom. The molecule has 13 nitrogen and oxygen atoms in total. The van der Waals surface area contributed by atoms with Gasteiger partial charge in [0.05, 0.1) is 17.5 Å². The molecule has 3 N–H and O–H groups in total. The molecular weight excluding hydrogens is 536 g/mol. The van der Waals surface area contributed by atoms with Crippen LogP contribution in [0.4, 0.5) is 0 Å². The number of ether oxygens (including phenoxy) is 1. The minimum absolute atomic E-state index is 0.0761. The SMILES string of the molecule is COC(=O)CON=C(C(=O)NC1C(=O)N2C(C(=O)O)=C(C[n+]3cccc4sccc43)CS[C@@H]12)c1ccn[nH]1. The van der Waals surface area contributed by atoms with E-state index in [1.807, 2.05) is 34.3 Å². The molecule has 1 unspecified atom stereocenters. The van der Waals surface area contributed by atoms with Gasteiger partial charge in [-0.3, -0.25) is 19.6 Å². The zero-order chi connectivity index (χ0) is 26.8. The van der Waals surface area contributed by atoms with Gasteiger partial charge in [-0.2, -0.15) is 9.67 Å². The standard InChI is InChI=1S/C23H20N6O7S2/c1-35-16(30)10-36-27-17(13-4-6-24-26-13)20(31)25-18-21(32)29-19(23(33)34)12(11-38-22(18)29)9-28-7-2-3-15-14(28)5-8-37-15/h2-8,18,22H,9-11H2,1H3,(H2-,24,25,26,27,31,33,34)/p+1/t18?,22-/m0/s1. The van der Waals surface area contributed by atoms with Gasteiger partial charge >= 0.3 is 11.9 Å². The number of aliphatic carboxylic acids is 1. The fraction of sp³-hybridized carbons (Fsp3) is 0.261. The molecule has 3 aromatic heterocycles. The molecule has 15 heteroatoms. The number of methoxy groups -OCH3 is 1.